The van der Waals surface area contributed by atoms with Gasteiger partial charge in [-0.25, -0.2) is 13.4 Å². The summed E-state index contributed by atoms with van der Waals surface area (Å²) in [5.41, 5.74) is 1.24. The van der Waals surface area contributed by atoms with Gasteiger partial charge in [-0.05, 0) is 67.6 Å². The van der Waals surface area contributed by atoms with Crippen molar-refractivity contribution in [1.82, 2.24) is 9.29 Å². The van der Waals surface area contributed by atoms with E-state index in [9.17, 15) is 13.2 Å². The number of para-hydroxylation sites is 1. The van der Waals surface area contributed by atoms with E-state index in [1.165, 1.54) is 23.5 Å². The van der Waals surface area contributed by atoms with E-state index in [1.807, 2.05) is 44.4 Å². The van der Waals surface area contributed by atoms with Gasteiger partial charge in [-0.1, -0.05) is 44.1 Å². The molecular formula is C28H33N3O4S3. The van der Waals surface area contributed by atoms with Crippen LogP contribution >= 0.6 is 23.1 Å². The van der Waals surface area contributed by atoms with Crippen molar-refractivity contribution in [2.45, 2.75) is 55.9 Å². The second kappa shape index (κ2) is 12.9. The van der Waals surface area contributed by atoms with Crippen LogP contribution in [0.1, 0.15) is 55.6 Å². The molecule has 1 amide bonds. The van der Waals surface area contributed by atoms with Crippen molar-refractivity contribution in [2.24, 2.45) is 0 Å². The molecule has 0 aliphatic carbocycles. The lowest BCUT2D eigenvalue weighted by Crippen LogP contribution is -2.33. The van der Waals surface area contributed by atoms with Crippen LogP contribution in [0.5, 0.6) is 0 Å². The fourth-order valence-electron chi connectivity index (χ4n) is 4.07. The molecule has 7 nitrogen and oxygen atoms in total. The number of fused-ring (bicyclic) bond motifs is 1. The molecule has 0 N–H and O–H groups in total. The highest BCUT2D eigenvalue weighted by atomic mass is 32.2. The fraction of sp³-hybridized carbons (Fsp3) is 0.357. The van der Waals surface area contributed by atoms with Gasteiger partial charge in [0.1, 0.15) is 5.76 Å². The third-order valence-electron chi connectivity index (χ3n) is 6.22. The van der Waals surface area contributed by atoms with E-state index < -0.39 is 10.0 Å². The van der Waals surface area contributed by atoms with Gasteiger partial charge >= 0.3 is 0 Å². The van der Waals surface area contributed by atoms with Gasteiger partial charge in [0.2, 0.25) is 10.0 Å². The maximum Gasteiger partial charge on any atom is 0.260 e. The number of furan rings is 1. The van der Waals surface area contributed by atoms with Crippen molar-refractivity contribution < 1.29 is 17.6 Å². The molecule has 0 aliphatic heterocycles. The molecule has 4 rings (SSSR count). The first-order valence-electron chi connectivity index (χ1n) is 12.8. The molecule has 0 unspecified atom stereocenters. The highest BCUT2D eigenvalue weighted by Gasteiger charge is 2.26. The van der Waals surface area contributed by atoms with E-state index in [4.69, 9.17) is 9.40 Å². The Morgan fingerprint density at radius 1 is 1.00 bits per heavy atom. The van der Waals surface area contributed by atoms with Crippen LogP contribution in [0.3, 0.4) is 0 Å². The van der Waals surface area contributed by atoms with Gasteiger partial charge < -0.3 is 4.42 Å². The summed E-state index contributed by atoms with van der Waals surface area (Å²) in [4.78, 5) is 21.4. The normalized spacial score (nSPS) is 11.9. The maximum absolute atomic E-state index is 13.8. The van der Waals surface area contributed by atoms with Crippen LogP contribution < -0.4 is 4.90 Å². The van der Waals surface area contributed by atoms with Crippen molar-refractivity contribution in [3.63, 3.8) is 0 Å². The summed E-state index contributed by atoms with van der Waals surface area (Å²) in [6.07, 6.45) is 7.03. The summed E-state index contributed by atoms with van der Waals surface area (Å²) in [7, 11) is -3.65. The van der Waals surface area contributed by atoms with Crippen molar-refractivity contribution in [3.05, 3.63) is 72.2 Å². The predicted molar refractivity (Wildman–Crippen MR) is 156 cm³/mol. The van der Waals surface area contributed by atoms with Crippen LogP contribution in [0.25, 0.3) is 10.2 Å². The van der Waals surface area contributed by atoms with Gasteiger partial charge in [-0.2, -0.15) is 4.31 Å². The lowest BCUT2D eigenvalue weighted by Gasteiger charge is -2.22. The van der Waals surface area contributed by atoms with Crippen LogP contribution in [0, 0.1) is 0 Å². The SMILES string of the molecule is CCCCN(CCCC)S(=O)(=O)c1ccc(C(=O)N(Cc2ccco2)c2nc3c(SC)cccc3s2)cc1. The molecule has 0 aliphatic rings. The van der Waals surface area contributed by atoms with E-state index in [1.54, 1.807) is 45.4 Å². The number of rotatable bonds is 13. The maximum atomic E-state index is 13.8. The standard InChI is InChI=1S/C28H33N3O4S3/c1-4-6-17-30(18-7-5-2)38(33,34)23-15-13-21(14-16-23)27(32)31(20-22-10-9-19-35-22)28-29-26-24(36-3)11-8-12-25(26)37-28/h8-16,19H,4-7,17-18,20H2,1-3H3. The molecule has 2 aromatic carbocycles. The number of hydrogen-bond donors (Lipinski definition) is 0. The molecule has 2 heterocycles. The lowest BCUT2D eigenvalue weighted by atomic mass is 10.2. The van der Waals surface area contributed by atoms with E-state index in [-0.39, 0.29) is 17.3 Å². The smallest absolute Gasteiger partial charge is 0.260 e. The monoisotopic (exact) mass is 571 g/mol. The molecular weight excluding hydrogens is 539 g/mol. The number of carbonyl (C=O) groups is 1. The first kappa shape index (κ1) is 28.4. The summed E-state index contributed by atoms with van der Waals surface area (Å²) in [5.74, 6) is 0.355. The number of nitrogens with zero attached hydrogens (tertiary/aromatic N) is 3. The zero-order chi connectivity index (χ0) is 27.1. The third kappa shape index (κ3) is 6.31. The second-order valence-electron chi connectivity index (χ2n) is 8.91. The molecule has 0 saturated heterocycles. The van der Waals surface area contributed by atoms with Crippen molar-refractivity contribution in [1.29, 1.82) is 0 Å². The summed E-state index contributed by atoms with van der Waals surface area (Å²) < 4.78 is 34.8. The van der Waals surface area contributed by atoms with E-state index in [0.717, 1.165) is 40.8 Å². The number of amides is 1. The average Bonchev–Trinajstić information content (AvgIpc) is 3.61. The molecule has 10 heteroatoms. The predicted octanol–water partition coefficient (Wildman–Crippen LogP) is 7.05. The number of carbonyl (C=O) groups excluding carboxylic acids is 1. The number of sulfonamides is 1. The molecule has 4 aromatic rings. The molecule has 0 bridgehead atoms. The molecule has 0 radical (unpaired) electrons. The number of anilines is 1. The molecule has 38 heavy (non-hydrogen) atoms. The van der Waals surface area contributed by atoms with Crippen molar-refractivity contribution in [3.8, 4) is 0 Å². The minimum atomic E-state index is -3.65. The molecule has 2 aromatic heterocycles. The molecule has 0 saturated carbocycles. The molecule has 202 valence electrons. The summed E-state index contributed by atoms with van der Waals surface area (Å²) in [6, 6.07) is 15.8. The summed E-state index contributed by atoms with van der Waals surface area (Å²) in [5, 5.41) is 0.560. The second-order valence-corrected chi connectivity index (χ2v) is 12.7. The number of hydrogen-bond acceptors (Lipinski definition) is 7. The van der Waals surface area contributed by atoms with Gasteiger partial charge in [0, 0.05) is 23.5 Å². The fourth-order valence-corrected chi connectivity index (χ4v) is 7.21. The number of thioether (sulfide) groups is 1. The zero-order valence-corrected chi connectivity index (χ0v) is 24.4. The van der Waals surface area contributed by atoms with Crippen LogP contribution in [0.15, 0.2) is 75.1 Å². The van der Waals surface area contributed by atoms with Crippen LogP contribution in [-0.2, 0) is 16.6 Å². The van der Waals surface area contributed by atoms with Gasteiger partial charge in [0.05, 0.1) is 27.9 Å². The Labute approximate surface area is 232 Å². The average molecular weight is 572 g/mol. The highest BCUT2D eigenvalue weighted by molar-refractivity contribution is 7.98. The van der Waals surface area contributed by atoms with Gasteiger partial charge in [-0.3, -0.25) is 9.69 Å². The first-order valence-corrected chi connectivity index (χ1v) is 16.2. The molecule has 0 fully saturated rings. The quantitative estimate of drug-likeness (QED) is 0.160. The van der Waals surface area contributed by atoms with Gasteiger partial charge in [-0.15, -0.1) is 11.8 Å². The van der Waals surface area contributed by atoms with Gasteiger partial charge in [0.15, 0.2) is 5.13 Å². The Bertz CT molecular complexity index is 1440. The number of aromatic nitrogens is 1. The van der Waals surface area contributed by atoms with Crippen molar-refractivity contribution >= 4 is 54.4 Å². The Balaban J connectivity index is 1.65. The van der Waals surface area contributed by atoms with E-state index in [2.05, 4.69) is 0 Å². The molecule has 0 atom stereocenters. The minimum Gasteiger partial charge on any atom is -0.467 e. The Kier molecular flexibility index (Phi) is 9.64. The van der Waals surface area contributed by atoms with Crippen LogP contribution in [-0.4, -0.2) is 43.0 Å². The third-order valence-corrected chi connectivity index (χ3v) is 9.95. The number of thiazole rings is 1. The number of unbranched alkanes of at least 4 members (excludes halogenated alkanes) is 2. The topological polar surface area (TPSA) is 83.7 Å². The largest absolute Gasteiger partial charge is 0.467 e. The Morgan fingerprint density at radius 2 is 1.71 bits per heavy atom. The van der Waals surface area contributed by atoms with E-state index in [0.29, 0.717) is 29.5 Å². The van der Waals surface area contributed by atoms with Crippen LogP contribution in [0.2, 0.25) is 0 Å². The summed E-state index contributed by atoms with van der Waals surface area (Å²) in [6.45, 7) is 5.29. The lowest BCUT2D eigenvalue weighted by molar-refractivity contribution is 0.0983. The minimum absolute atomic E-state index is 0.198. The van der Waals surface area contributed by atoms with Crippen molar-refractivity contribution in [2.75, 3.05) is 24.2 Å². The van der Waals surface area contributed by atoms with Crippen LogP contribution in [0.4, 0.5) is 5.13 Å². The summed E-state index contributed by atoms with van der Waals surface area (Å²) >= 11 is 3.05. The Hall–Kier alpha value is -2.66. The molecule has 0 spiro atoms. The zero-order valence-electron chi connectivity index (χ0n) is 21.9. The highest BCUT2D eigenvalue weighted by Crippen LogP contribution is 2.35. The Morgan fingerprint density at radius 3 is 2.32 bits per heavy atom. The first-order chi connectivity index (χ1) is 18.4. The number of benzene rings is 2. The van der Waals surface area contributed by atoms with E-state index >= 15 is 0 Å². The van der Waals surface area contributed by atoms with Gasteiger partial charge in [0.25, 0.3) is 5.91 Å².